The molecule has 1 unspecified atom stereocenters. The van der Waals surface area contributed by atoms with Gasteiger partial charge in [-0.2, -0.15) is 13.2 Å². The number of carbonyl (C=O) groups excluding carboxylic acids is 1. The molecular weight excluding hydrogens is 350 g/mol. The lowest BCUT2D eigenvalue weighted by molar-refractivity contribution is -0.143. The van der Waals surface area contributed by atoms with E-state index in [4.69, 9.17) is 14.0 Å². The van der Waals surface area contributed by atoms with Crippen LogP contribution >= 0.6 is 0 Å². The van der Waals surface area contributed by atoms with Crippen LogP contribution in [0.3, 0.4) is 0 Å². The summed E-state index contributed by atoms with van der Waals surface area (Å²) in [7, 11) is -0.803. The highest BCUT2D eigenvalue weighted by atomic mass is 19.4. The fourth-order valence-electron chi connectivity index (χ4n) is 2.62. The van der Waals surface area contributed by atoms with E-state index < -0.39 is 42.0 Å². The van der Waals surface area contributed by atoms with E-state index in [2.05, 4.69) is 4.98 Å². The van der Waals surface area contributed by atoms with Gasteiger partial charge in [0.05, 0.1) is 24.2 Å². The fourth-order valence-corrected chi connectivity index (χ4v) is 2.62. The van der Waals surface area contributed by atoms with Gasteiger partial charge in [0.2, 0.25) is 0 Å². The van der Waals surface area contributed by atoms with Gasteiger partial charge in [0.15, 0.2) is 0 Å². The maximum absolute atomic E-state index is 12.7. The van der Waals surface area contributed by atoms with E-state index in [1.165, 1.54) is 6.07 Å². The molecule has 1 aromatic rings. The van der Waals surface area contributed by atoms with Crippen molar-refractivity contribution in [1.82, 2.24) is 4.98 Å². The van der Waals surface area contributed by atoms with Crippen LogP contribution in [0, 0.1) is 0 Å². The van der Waals surface area contributed by atoms with Crippen LogP contribution in [0.25, 0.3) is 0 Å². The van der Waals surface area contributed by atoms with Gasteiger partial charge in [-0.25, -0.2) is 0 Å². The summed E-state index contributed by atoms with van der Waals surface area (Å²) >= 11 is 0. The Morgan fingerprint density at radius 2 is 1.81 bits per heavy atom. The molecule has 26 heavy (non-hydrogen) atoms. The third kappa shape index (κ3) is 4.38. The maximum atomic E-state index is 12.7. The maximum Gasteiger partial charge on any atom is 0.466 e. The monoisotopic (exact) mass is 373 g/mol. The second kappa shape index (κ2) is 7.19. The molecule has 1 saturated heterocycles. The molecule has 0 spiro atoms. The summed E-state index contributed by atoms with van der Waals surface area (Å²) < 4.78 is 55.2. The van der Waals surface area contributed by atoms with E-state index in [-0.39, 0.29) is 13.0 Å². The molecule has 144 valence electrons. The second-order valence-electron chi connectivity index (χ2n) is 7.21. The lowest BCUT2D eigenvalue weighted by Gasteiger charge is -2.32. The third-order valence-corrected chi connectivity index (χ3v) is 4.80. The van der Waals surface area contributed by atoms with Crippen molar-refractivity contribution in [3.05, 3.63) is 29.6 Å². The van der Waals surface area contributed by atoms with Crippen molar-refractivity contribution in [1.29, 1.82) is 0 Å². The molecule has 0 saturated carbocycles. The molecule has 1 aromatic heterocycles. The molecule has 1 aliphatic rings. The first-order chi connectivity index (χ1) is 11.9. The molecule has 1 fully saturated rings. The van der Waals surface area contributed by atoms with Gasteiger partial charge in [-0.3, -0.25) is 9.78 Å². The lowest BCUT2D eigenvalue weighted by atomic mass is 9.66. The molecule has 9 heteroatoms. The van der Waals surface area contributed by atoms with Crippen LogP contribution in [0.1, 0.15) is 58.1 Å². The average Bonchev–Trinajstić information content (AvgIpc) is 2.72. The zero-order valence-corrected chi connectivity index (χ0v) is 15.5. The van der Waals surface area contributed by atoms with Crippen LogP contribution in [0.5, 0.6) is 0 Å². The Balaban J connectivity index is 2.32. The highest BCUT2D eigenvalue weighted by molar-refractivity contribution is 6.48. The Morgan fingerprint density at radius 3 is 2.23 bits per heavy atom. The molecule has 1 aliphatic heterocycles. The number of aromatic nitrogens is 1. The molecule has 2 rings (SSSR count). The number of halogens is 3. The fraction of sp³-hybridized carbons (Fsp3) is 0.647. The van der Waals surface area contributed by atoms with E-state index in [1.807, 2.05) is 27.7 Å². The lowest BCUT2D eigenvalue weighted by Crippen LogP contribution is -2.41. The second-order valence-corrected chi connectivity index (χ2v) is 7.21. The van der Waals surface area contributed by atoms with Crippen molar-refractivity contribution < 1.29 is 32.0 Å². The van der Waals surface area contributed by atoms with Crippen LogP contribution in [0.15, 0.2) is 18.3 Å². The van der Waals surface area contributed by atoms with Crippen molar-refractivity contribution in [3.63, 3.8) is 0 Å². The normalized spacial score (nSPS) is 20.1. The summed E-state index contributed by atoms with van der Waals surface area (Å²) in [6.07, 6.45) is -3.50. The first kappa shape index (κ1) is 20.7. The van der Waals surface area contributed by atoms with Crippen molar-refractivity contribution in [3.8, 4) is 0 Å². The van der Waals surface area contributed by atoms with Crippen LogP contribution in [-0.2, 0) is 25.0 Å². The number of alkyl halides is 3. The minimum absolute atomic E-state index is 0.0856. The smallest absolute Gasteiger partial charge is 0.466 e. The highest BCUT2D eigenvalue weighted by Crippen LogP contribution is 2.42. The van der Waals surface area contributed by atoms with Gasteiger partial charge in [0.1, 0.15) is 5.69 Å². The number of nitrogens with zero attached hydrogens (tertiary/aromatic N) is 1. The topological polar surface area (TPSA) is 57.7 Å². The number of hydrogen-bond donors (Lipinski definition) is 0. The highest BCUT2D eigenvalue weighted by Gasteiger charge is 2.54. The SMILES string of the molecule is CCOC(=O)CC(B1OC(C)(C)C(C)(C)O1)c1ccc(C(F)(F)F)nc1. The quantitative estimate of drug-likeness (QED) is 0.581. The van der Waals surface area contributed by atoms with Gasteiger partial charge in [-0.15, -0.1) is 0 Å². The molecule has 1 atom stereocenters. The Morgan fingerprint density at radius 1 is 1.23 bits per heavy atom. The molecular formula is C17H23BF3NO4. The molecule has 2 heterocycles. The molecule has 0 N–H and O–H groups in total. The summed E-state index contributed by atoms with van der Waals surface area (Å²) in [6, 6.07) is 2.18. The van der Waals surface area contributed by atoms with Gasteiger partial charge in [0, 0.05) is 12.0 Å². The molecule has 0 bridgehead atoms. The predicted octanol–water partition coefficient (Wildman–Crippen LogP) is 3.77. The Hall–Kier alpha value is -1.61. The third-order valence-electron chi connectivity index (χ3n) is 4.80. The summed E-state index contributed by atoms with van der Waals surface area (Å²) in [6.45, 7) is 9.33. The van der Waals surface area contributed by atoms with Crippen LogP contribution in [-0.4, -0.2) is 35.9 Å². The largest absolute Gasteiger partial charge is 0.466 e. The zero-order chi connectivity index (χ0) is 19.8. The number of hydrogen-bond acceptors (Lipinski definition) is 5. The van der Waals surface area contributed by atoms with Gasteiger partial charge in [0.25, 0.3) is 0 Å². The average molecular weight is 373 g/mol. The minimum atomic E-state index is -4.53. The summed E-state index contributed by atoms with van der Waals surface area (Å²) in [5.41, 5.74) is -1.84. The van der Waals surface area contributed by atoms with Crippen LogP contribution < -0.4 is 0 Å². The van der Waals surface area contributed by atoms with Crippen molar-refractivity contribution >= 4 is 13.1 Å². The van der Waals surface area contributed by atoms with Gasteiger partial charge in [-0.1, -0.05) is 6.07 Å². The predicted molar refractivity (Wildman–Crippen MR) is 89.3 cm³/mol. The number of esters is 1. The van der Waals surface area contributed by atoms with Gasteiger partial charge < -0.3 is 14.0 Å². The summed E-state index contributed by atoms with van der Waals surface area (Å²) in [5, 5.41) is 0. The molecule has 0 aliphatic carbocycles. The summed E-state index contributed by atoms with van der Waals surface area (Å²) in [5.74, 6) is -1.11. The van der Waals surface area contributed by atoms with Gasteiger partial charge >= 0.3 is 19.3 Å². The number of carbonyl (C=O) groups is 1. The Bertz CT molecular complexity index is 630. The van der Waals surface area contributed by atoms with Crippen LogP contribution in [0.4, 0.5) is 13.2 Å². The number of ether oxygens (including phenoxy) is 1. The van der Waals surface area contributed by atoms with E-state index in [9.17, 15) is 18.0 Å². The molecule has 0 aromatic carbocycles. The Kier molecular flexibility index (Phi) is 5.73. The molecule has 0 radical (unpaired) electrons. The Labute approximate surface area is 151 Å². The standard InChI is InChI=1S/C17H23BF3NO4/c1-6-24-14(23)9-12(18-25-15(2,3)16(4,5)26-18)11-7-8-13(22-10-11)17(19,20)21/h7-8,10,12H,6,9H2,1-5H3. The van der Waals surface area contributed by atoms with Crippen molar-refractivity contribution in [2.24, 2.45) is 0 Å². The summed E-state index contributed by atoms with van der Waals surface area (Å²) in [4.78, 5) is 15.5. The minimum Gasteiger partial charge on any atom is -0.466 e. The number of rotatable bonds is 5. The van der Waals surface area contributed by atoms with E-state index in [0.29, 0.717) is 5.56 Å². The van der Waals surface area contributed by atoms with Gasteiger partial charge in [-0.05, 0) is 46.2 Å². The van der Waals surface area contributed by atoms with Crippen molar-refractivity contribution in [2.75, 3.05) is 6.61 Å². The van der Waals surface area contributed by atoms with Crippen molar-refractivity contribution in [2.45, 2.75) is 64.2 Å². The van der Waals surface area contributed by atoms with E-state index in [1.54, 1.807) is 6.92 Å². The van der Waals surface area contributed by atoms with E-state index >= 15 is 0 Å². The molecule has 5 nitrogen and oxygen atoms in total. The number of pyridine rings is 1. The first-order valence-corrected chi connectivity index (χ1v) is 8.42. The first-order valence-electron chi connectivity index (χ1n) is 8.42. The molecule has 0 amide bonds. The van der Waals surface area contributed by atoms with Crippen LogP contribution in [0.2, 0.25) is 0 Å². The zero-order valence-electron chi connectivity index (χ0n) is 15.5. The van der Waals surface area contributed by atoms with E-state index in [0.717, 1.165) is 12.3 Å².